The first-order chi connectivity index (χ1) is 9.19. The van der Waals surface area contributed by atoms with Crippen molar-refractivity contribution in [3.63, 3.8) is 0 Å². The number of nitrogens with two attached hydrogens (primary N) is 1. The summed E-state index contributed by atoms with van der Waals surface area (Å²) in [5, 5.41) is 0. The Hall–Kier alpha value is -1.25. The van der Waals surface area contributed by atoms with Crippen LogP contribution in [0.5, 0.6) is 0 Å². The van der Waals surface area contributed by atoms with Crippen molar-refractivity contribution in [3.8, 4) is 0 Å². The van der Waals surface area contributed by atoms with Gasteiger partial charge in [-0.2, -0.15) is 0 Å². The van der Waals surface area contributed by atoms with Crippen LogP contribution in [0.1, 0.15) is 30.9 Å². The van der Waals surface area contributed by atoms with E-state index in [4.69, 9.17) is 5.73 Å². The summed E-state index contributed by atoms with van der Waals surface area (Å²) in [6, 6.07) is 17.5. The highest BCUT2D eigenvalue weighted by atomic mass is 32.2. The Labute approximate surface area is 120 Å². The zero-order valence-electron chi connectivity index (χ0n) is 11.6. The molecule has 0 amide bonds. The minimum atomic E-state index is 0.592. The van der Waals surface area contributed by atoms with Gasteiger partial charge in [0.25, 0.3) is 0 Å². The maximum Gasteiger partial charge on any atom is 0.0122 e. The van der Waals surface area contributed by atoms with Gasteiger partial charge in [0.05, 0.1) is 0 Å². The molecule has 2 N–H and O–H groups in total. The fraction of sp³-hybridized carbons (Fsp3) is 0.294. The molecule has 0 aliphatic heterocycles. The molecule has 0 aliphatic carbocycles. The van der Waals surface area contributed by atoms with E-state index in [9.17, 15) is 0 Å². The molecule has 0 bridgehead atoms. The quantitative estimate of drug-likeness (QED) is 0.868. The van der Waals surface area contributed by atoms with E-state index in [1.165, 1.54) is 20.9 Å². The summed E-state index contributed by atoms with van der Waals surface area (Å²) in [4.78, 5) is 2.56. The number of rotatable bonds is 5. The molecular weight excluding hydrogens is 250 g/mol. The average molecular weight is 271 g/mol. The minimum absolute atomic E-state index is 0.592. The Bertz CT molecular complexity index is 500. The maximum atomic E-state index is 5.56. The molecule has 1 nitrogen and oxygen atoms in total. The lowest BCUT2D eigenvalue weighted by atomic mass is 10.0. The molecule has 0 heterocycles. The van der Waals surface area contributed by atoms with Crippen LogP contribution in [0.2, 0.25) is 0 Å². The predicted molar refractivity (Wildman–Crippen MR) is 83.9 cm³/mol. The lowest BCUT2D eigenvalue weighted by molar-refractivity contribution is 0.865. The Kier molecular flexibility index (Phi) is 5.06. The molecule has 2 aromatic carbocycles. The molecule has 2 rings (SSSR count). The summed E-state index contributed by atoms with van der Waals surface area (Å²) in [5.41, 5.74) is 8.25. The van der Waals surface area contributed by atoms with Gasteiger partial charge in [-0.05, 0) is 54.3 Å². The minimum Gasteiger partial charge on any atom is -0.330 e. The topological polar surface area (TPSA) is 26.0 Å². The van der Waals surface area contributed by atoms with E-state index < -0.39 is 0 Å². The fourth-order valence-corrected chi connectivity index (χ4v) is 2.76. The van der Waals surface area contributed by atoms with Crippen molar-refractivity contribution in [2.24, 2.45) is 5.73 Å². The number of benzene rings is 2. The van der Waals surface area contributed by atoms with Gasteiger partial charge in [-0.25, -0.2) is 0 Å². The molecule has 0 radical (unpaired) electrons. The Morgan fingerprint density at radius 2 is 1.42 bits per heavy atom. The van der Waals surface area contributed by atoms with E-state index in [1.807, 2.05) is 0 Å². The highest BCUT2D eigenvalue weighted by molar-refractivity contribution is 7.99. The van der Waals surface area contributed by atoms with Gasteiger partial charge in [0.2, 0.25) is 0 Å². The lowest BCUT2D eigenvalue weighted by Crippen LogP contribution is -2.02. The monoisotopic (exact) mass is 271 g/mol. The number of hydrogen-bond acceptors (Lipinski definition) is 2. The van der Waals surface area contributed by atoms with Crippen LogP contribution in [0, 0.1) is 0 Å². The van der Waals surface area contributed by atoms with Crippen LogP contribution in [0.25, 0.3) is 0 Å². The van der Waals surface area contributed by atoms with Gasteiger partial charge in [0.15, 0.2) is 0 Å². The standard InChI is InChI=1S/C17H21NS/c1-13(2)15-5-9-17(10-6-15)19-16-7-3-14(4-8-16)11-12-18/h3-10,13H,11-12,18H2,1-2H3. The summed E-state index contributed by atoms with van der Waals surface area (Å²) in [6.45, 7) is 5.15. The van der Waals surface area contributed by atoms with Crippen LogP contribution in [0.4, 0.5) is 0 Å². The van der Waals surface area contributed by atoms with E-state index in [2.05, 4.69) is 62.4 Å². The zero-order valence-corrected chi connectivity index (χ0v) is 12.4. The fourth-order valence-electron chi connectivity index (χ4n) is 1.95. The van der Waals surface area contributed by atoms with Gasteiger partial charge < -0.3 is 5.73 Å². The first-order valence-corrected chi connectivity index (χ1v) is 7.57. The molecule has 0 aromatic heterocycles. The van der Waals surface area contributed by atoms with Crippen molar-refractivity contribution in [3.05, 3.63) is 59.7 Å². The first-order valence-electron chi connectivity index (χ1n) is 6.76. The summed E-state index contributed by atoms with van der Waals surface area (Å²) in [7, 11) is 0. The normalized spacial score (nSPS) is 10.9. The molecule has 2 aromatic rings. The molecular formula is C17H21NS. The molecule has 0 unspecified atom stereocenters. The Balaban J connectivity index is 2.04. The zero-order chi connectivity index (χ0) is 13.7. The highest BCUT2D eigenvalue weighted by Gasteiger charge is 2.01. The van der Waals surface area contributed by atoms with Gasteiger partial charge >= 0.3 is 0 Å². The molecule has 2 heteroatoms. The molecule has 0 atom stereocenters. The van der Waals surface area contributed by atoms with Crippen LogP contribution in [-0.2, 0) is 6.42 Å². The molecule has 0 fully saturated rings. The van der Waals surface area contributed by atoms with Crippen molar-refractivity contribution in [2.45, 2.75) is 36.0 Å². The largest absolute Gasteiger partial charge is 0.330 e. The van der Waals surface area contributed by atoms with Crippen LogP contribution < -0.4 is 5.73 Å². The van der Waals surface area contributed by atoms with E-state index >= 15 is 0 Å². The van der Waals surface area contributed by atoms with Crippen LogP contribution >= 0.6 is 11.8 Å². The third-order valence-electron chi connectivity index (χ3n) is 3.14. The second kappa shape index (κ2) is 6.78. The van der Waals surface area contributed by atoms with Crippen molar-refractivity contribution in [1.82, 2.24) is 0 Å². The lowest BCUT2D eigenvalue weighted by Gasteiger charge is -2.07. The Morgan fingerprint density at radius 3 is 1.89 bits per heavy atom. The molecule has 0 aliphatic rings. The van der Waals surface area contributed by atoms with E-state index in [0.29, 0.717) is 12.5 Å². The summed E-state index contributed by atoms with van der Waals surface area (Å²) >= 11 is 1.80. The first kappa shape index (κ1) is 14.2. The van der Waals surface area contributed by atoms with Gasteiger partial charge in [-0.3, -0.25) is 0 Å². The van der Waals surface area contributed by atoms with Crippen molar-refractivity contribution < 1.29 is 0 Å². The molecule has 100 valence electrons. The van der Waals surface area contributed by atoms with Crippen LogP contribution in [0.3, 0.4) is 0 Å². The van der Waals surface area contributed by atoms with E-state index in [1.54, 1.807) is 11.8 Å². The summed E-state index contributed by atoms with van der Waals surface area (Å²) < 4.78 is 0. The number of hydrogen-bond donors (Lipinski definition) is 1. The van der Waals surface area contributed by atoms with E-state index in [-0.39, 0.29) is 0 Å². The molecule has 0 spiro atoms. The summed E-state index contributed by atoms with van der Waals surface area (Å²) in [6.07, 6.45) is 0.952. The van der Waals surface area contributed by atoms with Crippen LogP contribution in [-0.4, -0.2) is 6.54 Å². The predicted octanol–water partition coefficient (Wildman–Crippen LogP) is 4.46. The van der Waals surface area contributed by atoms with Crippen LogP contribution in [0.15, 0.2) is 58.3 Å². The van der Waals surface area contributed by atoms with Crippen molar-refractivity contribution in [1.29, 1.82) is 0 Å². The Morgan fingerprint density at radius 1 is 0.895 bits per heavy atom. The average Bonchev–Trinajstić information content (AvgIpc) is 2.42. The van der Waals surface area contributed by atoms with Gasteiger partial charge in [0, 0.05) is 9.79 Å². The van der Waals surface area contributed by atoms with E-state index in [0.717, 1.165) is 6.42 Å². The molecule has 19 heavy (non-hydrogen) atoms. The third kappa shape index (κ3) is 4.12. The summed E-state index contributed by atoms with van der Waals surface area (Å²) in [5.74, 6) is 0.592. The van der Waals surface area contributed by atoms with Gasteiger partial charge in [-0.15, -0.1) is 0 Å². The smallest absolute Gasteiger partial charge is 0.0122 e. The van der Waals surface area contributed by atoms with Crippen molar-refractivity contribution >= 4 is 11.8 Å². The van der Waals surface area contributed by atoms with Gasteiger partial charge in [-0.1, -0.05) is 49.9 Å². The molecule has 0 saturated heterocycles. The second-order valence-electron chi connectivity index (χ2n) is 5.01. The highest BCUT2D eigenvalue weighted by Crippen LogP contribution is 2.29. The van der Waals surface area contributed by atoms with Gasteiger partial charge in [0.1, 0.15) is 0 Å². The van der Waals surface area contributed by atoms with Crippen molar-refractivity contribution in [2.75, 3.05) is 6.54 Å². The maximum absolute atomic E-state index is 5.56. The third-order valence-corrected chi connectivity index (χ3v) is 4.15. The second-order valence-corrected chi connectivity index (χ2v) is 6.16. The SMILES string of the molecule is CC(C)c1ccc(Sc2ccc(CCN)cc2)cc1. The molecule has 0 saturated carbocycles.